The molecular formula is C14H14ClN3O2. The summed E-state index contributed by atoms with van der Waals surface area (Å²) in [5.41, 5.74) is 1.66. The molecule has 0 aliphatic heterocycles. The van der Waals surface area contributed by atoms with Crippen LogP contribution in [0.25, 0.3) is 0 Å². The molecule has 0 saturated carbocycles. The third kappa shape index (κ3) is 3.24. The van der Waals surface area contributed by atoms with E-state index in [1.54, 1.807) is 13.0 Å². The van der Waals surface area contributed by atoms with Gasteiger partial charge in [0.05, 0.1) is 4.92 Å². The standard InChI is InChI=1S/C14H14ClN3O2/c1-9-7-14(16-8-13(9)18(19)20)17-10(2)11-3-5-12(15)6-4-11/h3-8,10H,1-2H3,(H,16,17). The monoisotopic (exact) mass is 291 g/mol. The molecule has 0 fully saturated rings. The van der Waals surface area contributed by atoms with Gasteiger partial charge in [-0.15, -0.1) is 0 Å². The van der Waals surface area contributed by atoms with Gasteiger partial charge in [0.1, 0.15) is 12.0 Å². The van der Waals surface area contributed by atoms with Gasteiger partial charge in [0.2, 0.25) is 0 Å². The molecule has 0 bridgehead atoms. The first kappa shape index (κ1) is 14.3. The minimum absolute atomic E-state index is 0.0229. The Bertz CT molecular complexity index is 629. The van der Waals surface area contributed by atoms with Crippen LogP contribution in [0.2, 0.25) is 5.02 Å². The van der Waals surface area contributed by atoms with Crippen molar-refractivity contribution in [1.82, 2.24) is 4.98 Å². The maximum absolute atomic E-state index is 10.7. The van der Waals surface area contributed by atoms with E-state index in [2.05, 4.69) is 10.3 Å². The maximum Gasteiger partial charge on any atom is 0.290 e. The van der Waals surface area contributed by atoms with Gasteiger partial charge in [-0.05, 0) is 37.6 Å². The lowest BCUT2D eigenvalue weighted by atomic mass is 10.1. The van der Waals surface area contributed by atoms with Crippen LogP contribution in [0.5, 0.6) is 0 Å². The van der Waals surface area contributed by atoms with Crippen LogP contribution < -0.4 is 5.32 Å². The molecule has 1 N–H and O–H groups in total. The molecule has 20 heavy (non-hydrogen) atoms. The van der Waals surface area contributed by atoms with Crippen LogP contribution in [0.3, 0.4) is 0 Å². The van der Waals surface area contributed by atoms with Crippen molar-refractivity contribution >= 4 is 23.1 Å². The highest BCUT2D eigenvalue weighted by atomic mass is 35.5. The SMILES string of the molecule is Cc1cc(NC(C)c2ccc(Cl)cc2)ncc1[N+](=O)[O-]. The fraction of sp³-hybridized carbons (Fsp3) is 0.214. The summed E-state index contributed by atoms with van der Waals surface area (Å²) < 4.78 is 0. The second-order valence-electron chi connectivity index (χ2n) is 4.53. The zero-order valence-electron chi connectivity index (χ0n) is 11.1. The third-order valence-corrected chi connectivity index (χ3v) is 3.27. The van der Waals surface area contributed by atoms with Gasteiger partial charge in [-0.3, -0.25) is 10.1 Å². The number of hydrogen-bond acceptors (Lipinski definition) is 4. The molecule has 6 heteroatoms. The van der Waals surface area contributed by atoms with E-state index in [4.69, 9.17) is 11.6 Å². The average Bonchev–Trinajstić information content (AvgIpc) is 2.39. The fourth-order valence-corrected chi connectivity index (χ4v) is 2.00. The number of rotatable bonds is 4. The number of nitrogens with one attached hydrogen (secondary N) is 1. The molecule has 104 valence electrons. The van der Waals surface area contributed by atoms with Crippen LogP contribution >= 0.6 is 11.6 Å². The summed E-state index contributed by atoms with van der Waals surface area (Å²) >= 11 is 5.85. The number of hydrogen-bond donors (Lipinski definition) is 1. The Labute approximate surface area is 121 Å². The van der Waals surface area contributed by atoms with E-state index < -0.39 is 4.92 Å². The summed E-state index contributed by atoms with van der Waals surface area (Å²) in [5, 5.41) is 14.6. The van der Waals surface area contributed by atoms with Crippen LogP contribution in [0, 0.1) is 17.0 Å². The third-order valence-electron chi connectivity index (χ3n) is 3.01. The smallest absolute Gasteiger partial charge is 0.290 e. The Morgan fingerprint density at radius 1 is 1.35 bits per heavy atom. The van der Waals surface area contributed by atoms with Crippen LogP contribution in [-0.4, -0.2) is 9.91 Å². The summed E-state index contributed by atoms with van der Waals surface area (Å²) in [6, 6.07) is 9.20. The van der Waals surface area contributed by atoms with Crippen molar-refractivity contribution in [1.29, 1.82) is 0 Å². The molecule has 0 amide bonds. The van der Waals surface area contributed by atoms with Crippen molar-refractivity contribution in [3.63, 3.8) is 0 Å². The Hall–Kier alpha value is -2.14. The molecule has 0 radical (unpaired) electrons. The first-order valence-corrected chi connectivity index (χ1v) is 6.48. The van der Waals surface area contributed by atoms with E-state index in [0.717, 1.165) is 5.56 Å². The normalized spacial score (nSPS) is 11.9. The maximum atomic E-state index is 10.7. The molecule has 1 unspecified atom stereocenters. The average molecular weight is 292 g/mol. The largest absolute Gasteiger partial charge is 0.364 e. The minimum Gasteiger partial charge on any atom is -0.364 e. The summed E-state index contributed by atoms with van der Waals surface area (Å²) in [5.74, 6) is 0.607. The lowest BCUT2D eigenvalue weighted by molar-refractivity contribution is -0.385. The Balaban J connectivity index is 2.15. The zero-order valence-corrected chi connectivity index (χ0v) is 11.9. The van der Waals surface area contributed by atoms with Crippen LogP contribution in [0.1, 0.15) is 24.1 Å². The van der Waals surface area contributed by atoms with Crippen molar-refractivity contribution in [3.8, 4) is 0 Å². The molecule has 5 nitrogen and oxygen atoms in total. The fourth-order valence-electron chi connectivity index (χ4n) is 1.88. The number of benzene rings is 1. The van der Waals surface area contributed by atoms with E-state index in [9.17, 15) is 10.1 Å². The number of aromatic nitrogens is 1. The number of nitrogens with zero attached hydrogens (tertiary/aromatic N) is 2. The predicted octanol–water partition coefficient (Wildman–Crippen LogP) is 4.12. The van der Waals surface area contributed by atoms with Crippen molar-refractivity contribution < 1.29 is 4.92 Å². The van der Waals surface area contributed by atoms with Crippen molar-refractivity contribution in [2.24, 2.45) is 0 Å². The van der Waals surface area contributed by atoms with Crippen LogP contribution in [-0.2, 0) is 0 Å². The topological polar surface area (TPSA) is 68.1 Å². The number of anilines is 1. The number of halogens is 1. The summed E-state index contributed by atoms with van der Waals surface area (Å²) in [6.45, 7) is 3.68. The molecule has 2 rings (SSSR count). The molecule has 0 saturated heterocycles. The Kier molecular flexibility index (Phi) is 4.20. The molecule has 1 heterocycles. The minimum atomic E-state index is -0.436. The first-order chi connectivity index (χ1) is 9.47. The van der Waals surface area contributed by atoms with Crippen molar-refractivity contribution in [2.75, 3.05) is 5.32 Å². The second-order valence-corrected chi connectivity index (χ2v) is 4.97. The van der Waals surface area contributed by atoms with Gasteiger partial charge >= 0.3 is 0 Å². The van der Waals surface area contributed by atoms with Gasteiger partial charge in [0, 0.05) is 16.6 Å². The van der Waals surface area contributed by atoms with E-state index in [1.807, 2.05) is 31.2 Å². The Morgan fingerprint density at radius 2 is 2.00 bits per heavy atom. The van der Waals surface area contributed by atoms with Crippen molar-refractivity contribution in [3.05, 3.63) is 62.8 Å². The first-order valence-electron chi connectivity index (χ1n) is 6.10. The van der Waals surface area contributed by atoms with Gasteiger partial charge in [-0.1, -0.05) is 23.7 Å². The lowest BCUT2D eigenvalue weighted by Gasteiger charge is -2.15. The molecule has 0 spiro atoms. The molecule has 0 aliphatic carbocycles. The van der Waals surface area contributed by atoms with E-state index in [-0.39, 0.29) is 11.7 Å². The molecular weight excluding hydrogens is 278 g/mol. The molecule has 2 aromatic rings. The van der Waals surface area contributed by atoms with Gasteiger partial charge < -0.3 is 5.32 Å². The summed E-state index contributed by atoms with van der Waals surface area (Å²) in [4.78, 5) is 14.4. The van der Waals surface area contributed by atoms with Gasteiger partial charge in [-0.25, -0.2) is 4.98 Å². The summed E-state index contributed by atoms with van der Waals surface area (Å²) in [6.07, 6.45) is 1.27. The quantitative estimate of drug-likeness (QED) is 0.679. The molecule has 0 aliphatic rings. The molecule has 1 aromatic heterocycles. The number of pyridine rings is 1. The zero-order chi connectivity index (χ0) is 14.7. The molecule has 1 aromatic carbocycles. The molecule has 1 atom stereocenters. The lowest BCUT2D eigenvalue weighted by Crippen LogP contribution is -2.08. The van der Waals surface area contributed by atoms with Crippen LogP contribution in [0.15, 0.2) is 36.5 Å². The Morgan fingerprint density at radius 3 is 2.55 bits per heavy atom. The highest BCUT2D eigenvalue weighted by Crippen LogP contribution is 2.23. The van der Waals surface area contributed by atoms with Gasteiger partial charge in [0.15, 0.2) is 0 Å². The van der Waals surface area contributed by atoms with Gasteiger partial charge in [0.25, 0.3) is 5.69 Å². The number of aryl methyl sites for hydroxylation is 1. The number of nitro groups is 1. The summed E-state index contributed by atoms with van der Waals surface area (Å²) in [7, 11) is 0. The van der Waals surface area contributed by atoms with Gasteiger partial charge in [-0.2, -0.15) is 0 Å². The second kappa shape index (κ2) is 5.88. The van der Waals surface area contributed by atoms with E-state index >= 15 is 0 Å². The van der Waals surface area contributed by atoms with Crippen molar-refractivity contribution in [2.45, 2.75) is 19.9 Å². The van der Waals surface area contributed by atoms with Crippen LogP contribution in [0.4, 0.5) is 11.5 Å². The van der Waals surface area contributed by atoms with E-state index in [0.29, 0.717) is 16.4 Å². The highest BCUT2D eigenvalue weighted by Gasteiger charge is 2.13. The van der Waals surface area contributed by atoms with E-state index in [1.165, 1.54) is 6.20 Å². The highest BCUT2D eigenvalue weighted by molar-refractivity contribution is 6.30. The predicted molar refractivity (Wildman–Crippen MR) is 79.1 cm³/mol.